The topological polar surface area (TPSA) is 92.3 Å². The Labute approximate surface area is 170 Å². The molecule has 5 heterocycles. The predicted octanol–water partition coefficient (Wildman–Crippen LogP) is 3.36. The van der Waals surface area contributed by atoms with Gasteiger partial charge in [0.05, 0.1) is 28.9 Å². The molecule has 1 aliphatic carbocycles. The van der Waals surface area contributed by atoms with Crippen LogP contribution in [-0.2, 0) is 6.42 Å². The standard InChI is InChI=1S/C20H17ClN6O2/c21-15-3-1-2-12-8-14(25-27(12)15)18-17-13(22-9-23-17)6-7-26(18)20(28)19-16(11-4-5-11)24-10-29-19/h1-3,8-11,18H,4-7H2,(H,22,23)/t18-/m1/s1. The number of amides is 1. The van der Waals surface area contributed by atoms with Crippen LogP contribution < -0.4 is 0 Å². The fourth-order valence-electron chi connectivity index (χ4n) is 4.12. The zero-order valence-electron chi connectivity index (χ0n) is 15.4. The van der Waals surface area contributed by atoms with Gasteiger partial charge in [0.15, 0.2) is 6.39 Å². The molecular formula is C20H17ClN6O2. The Morgan fingerprint density at radius 3 is 2.97 bits per heavy atom. The van der Waals surface area contributed by atoms with Crippen molar-refractivity contribution in [2.24, 2.45) is 0 Å². The number of halogens is 1. The van der Waals surface area contributed by atoms with E-state index in [9.17, 15) is 4.79 Å². The van der Waals surface area contributed by atoms with Gasteiger partial charge in [0, 0.05) is 24.6 Å². The Morgan fingerprint density at radius 2 is 2.14 bits per heavy atom. The van der Waals surface area contributed by atoms with E-state index in [2.05, 4.69) is 20.1 Å². The Kier molecular flexibility index (Phi) is 3.58. The normalized spacial score (nSPS) is 18.9. The summed E-state index contributed by atoms with van der Waals surface area (Å²) < 4.78 is 7.21. The van der Waals surface area contributed by atoms with Gasteiger partial charge in [-0.15, -0.1) is 0 Å². The summed E-state index contributed by atoms with van der Waals surface area (Å²) in [5.74, 6) is 0.482. The number of oxazole rings is 1. The number of fused-ring (bicyclic) bond motifs is 2. The maximum atomic E-state index is 13.5. The lowest BCUT2D eigenvalue weighted by atomic mass is 9.99. The van der Waals surface area contributed by atoms with Crippen LogP contribution >= 0.6 is 11.6 Å². The van der Waals surface area contributed by atoms with Gasteiger partial charge >= 0.3 is 0 Å². The molecule has 1 N–H and O–H groups in total. The van der Waals surface area contributed by atoms with Gasteiger partial charge in [-0.05, 0) is 31.0 Å². The summed E-state index contributed by atoms with van der Waals surface area (Å²) in [6.07, 6.45) is 5.82. The van der Waals surface area contributed by atoms with Crippen molar-refractivity contribution >= 4 is 23.0 Å². The number of aromatic amines is 1. The zero-order chi connectivity index (χ0) is 19.5. The number of pyridine rings is 1. The minimum absolute atomic E-state index is 0.175. The molecule has 6 rings (SSSR count). The van der Waals surface area contributed by atoms with Crippen LogP contribution in [0, 0.1) is 0 Å². The highest BCUT2D eigenvalue weighted by atomic mass is 35.5. The first-order valence-electron chi connectivity index (χ1n) is 9.61. The van der Waals surface area contributed by atoms with Gasteiger partial charge in [0.1, 0.15) is 11.2 Å². The molecule has 0 saturated heterocycles. The maximum Gasteiger partial charge on any atom is 0.292 e. The second-order valence-electron chi connectivity index (χ2n) is 7.51. The van der Waals surface area contributed by atoms with Crippen molar-refractivity contribution in [3.05, 3.63) is 70.7 Å². The molecule has 9 heteroatoms. The van der Waals surface area contributed by atoms with Crippen LogP contribution in [0.15, 0.2) is 41.4 Å². The van der Waals surface area contributed by atoms with Gasteiger partial charge in [-0.3, -0.25) is 4.79 Å². The second kappa shape index (κ2) is 6.18. The van der Waals surface area contributed by atoms with E-state index < -0.39 is 6.04 Å². The second-order valence-corrected chi connectivity index (χ2v) is 7.90. The smallest absolute Gasteiger partial charge is 0.292 e. The number of carbonyl (C=O) groups is 1. The number of carbonyl (C=O) groups excluding carboxylic acids is 1. The third-order valence-electron chi connectivity index (χ3n) is 5.68. The van der Waals surface area contributed by atoms with Crippen LogP contribution in [0.3, 0.4) is 0 Å². The van der Waals surface area contributed by atoms with Crippen molar-refractivity contribution in [2.45, 2.75) is 31.2 Å². The Bertz CT molecular complexity index is 1240. The van der Waals surface area contributed by atoms with Crippen molar-refractivity contribution in [1.29, 1.82) is 0 Å². The summed E-state index contributed by atoms with van der Waals surface area (Å²) in [5.41, 5.74) is 4.16. The molecule has 2 aliphatic rings. The molecule has 0 bridgehead atoms. The third-order valence-corrected chi connectivity index (χ3v) is 5.96. The summed E-state index contributed by atoms with van der Waals surface area (Å²) in [6, 6.07) is 7.12. The summed E-state index contributed by atoms with van der Waals surface area (Å²) in [5, 5.41) is 5.20. The summed E-state index contributed by atoms with van der Waals surface area (Å²) in [7, 11) is 0. The monoisotopic (exact) mass is 408 g/mol. The molecule has 1 saturated carbocycles. The van der Waals surface area contributed by atoms with Gasteiger partial charge < -0.3 is 14.3 Å². The average Bonchev–Trinajstić information content (AvgIpc) is 3.13. The lowest BCUT2D eigenvalue weighted by molar-refractivity contribution is 0.0652. The quantitative estimate of drug-likeness (QED) is 0.525. The van der Waals surface area contributed by atoms with E-state index >= 15 is 0 Å². The maximum absolute atomic E-state index is 13.5. The number of imidazole rings is 1. The molecule has 0 aromatic carbocycles. The summed E-state index contributed by atoms with van der Waals surface area (Å²) in [4.78, 5) is 27.3. The van der Waals surface area contributed by atoms with Crippen LogP contribution in [-0.4, -0.2) is 41.9 Å². The largest absolute Gasteiger partial charge is 0.438 e. The number of rotatable bonds is 3. The van der Waals surface area contributed by atoms with Gasteiger partial charge in [0.25, 0.3) is 5.91 Å². The van der Waals surface area contributed by atoms with Gasteiger partial charge in [-0.25, -0.2) is 14.5 Å². The minimum atomic E-state index is -0.425. The number of nitrogens with zero attached hydrogens (tertiary/aromatic N) is 5. The molecule has 1 aliphatic heterocycles. The third kappa shape index (κ3) is 2.59. The first-order chi connectivity index (χ1) is 14.2. The van der Waals surface area contributed by atoms with Crippen LogP contribution in [0.4, 0.5) is 0 Å². The number of hydrogen-bond donors (Lipinski definition) is 1. The highest BCUT2D eigenvalue weighted by Gasteiger charge is 2.40. The number of aromatic nitrogens is 5. The van der Waals surface area contributed by atoms with Gasteiger partial charge in [0.2, 0.25) is 5.76 Å². The van der Waals surface area contributed by atoms with Crippen LogP contribution in [0.1, 0.15) is 58.1 Å². The molecule has 0 radical (unpaired) electrons. The highest BCUT2D eigenvalue weighted by molar-refractivity contribution is 6.29. The molecular weight excluding hydrogens is 392 g/mol. The SMILES string of the molecule is O=C(c1ocnc1C1CC1)N1CCc2[nH]cnc2[C@H]1c1cc2cccc(Cl)n2n1. The van der Waals surface area contributed by atoms with Crippen molar-refractivity contribution < 1.29 is 9.21 Å². The molecule has 8 nitrogen and oxygen atoms in total. The van der Waals surface area contributed by atoms with Crippen molar-refractivity contribution in [3.63, 3.8) is 0 Å². The van der Waals surface area contributed by atoms with Gasteiger partial charge in [-0.2, -0.15) is 5.10 Å². The lowest BCUT2D eigenvalue weighted by Gasteiger charge is -2.33. The molecule has 0 spiro atoms. The first-order valence-corrected chi connectivity index (χ1v) is 9.99. The van der Waals surface area contributed by atoms with E-state index in [4.69, 9.17) is 16.0 Å². The van der Waals surface area contributed by atoms with Crippen molar-refractivity contribution in [3.8, 4) is 0 Å². The molecule has 4 aromatic rings. The van der Waals surface area contributed by atoms with Crippen molar-refractivity contribution in [2.75, 3.05) is 6.54 Å². The van der Waals surface area contributed by atoms with E-state index in [1.807, 2.05) is 18.2 Å². The Hall–Kier alpha value is -3.13. The van der Waals surface area contributed by atoms with E-state index in [-0.39, 0.29) is 5.91 Å². The van der Waals surface area contributed by atoms with E-state index in [1.165, 1.54) is 6.39 Å². The minimum Gasteiger partial charge on any atom is -0.438 e. The fraction of sp³-hybridized carbons (Fsp3) is 0.300. The summed E-state index contributed by atoms with van der Waals surface area (Å²) in [6.45, 7) is 0.533. The molecule has 146 valence electrons. The zero-order valence-corrected chi connectivity index (χ0v) is 16.1. The number of H-pyrrole nitrogens is 1. The highest BCUT2D eigenvalue weighted by Crippen LogP contribution is 2.42. The first kappa shape index (κ1) is 16.8. The number of nitrogens with one attached hydrogen (secondary N) is 1. The molecule has 1 fully saturated rings. The van der Waals surface area contributed by atoms with Crippen LogP contribution in [0.5, 0.6) is 0 Å². The van der Waals surface area contributed by atoms with Crippen LogP contribution in [0.2, 0.25) is 5.15 Å². The molecule has 0 unspecified atom stereocenters. The average molecular weight is 409 g/mol. The Balaban J connectivity index is 1.47. The van der Waals surface area contributed by atoms with Gasteiger partial charge in [-0.1, -0.05) is 17.7 Å². The number of hydrogen-bond acceptors (Lipinski definition) is 5. The molecule has 29 heavy (non-hydrogen) atoms. The summed E-state index contributed by atoms with van der Waals surface area (Å²) >= 11 is 6.31. The molecule has 1 atom stereocenters. The molecule has 1 amide bonds. The lowest BCUT2D eigenvalue weighted by Crippen LogP contribution is -2.41. The van der Waals surface area contributed by atoms with Crippen molar-refractivity contribution in [1.82, 2.24) is 29.5 Å². The predicted molar refractivity (Wildman–Crippen MR) is 104 cm³/mol. The molecule has 4 aromatic heterocycles. The van der Waals surface area contributed by atoms with E-state index in [0.29, 0.717) is 35.5 Å². The fourth-order valence-corrected chi connectivity index (χ4v) is 4.33. The van der Waals surface area contributed by atoms with E-state index in [0.717, 1.165) is 35.4 Å². The van der Waals surface area contributed by atoms with E-state index in [1.54, 1.807) is 21.8 Å². The Morgan fingerprint density at radius 1 is 1.24 bits per heavy atom. The van der Waals surface area contributed by atoms with Crippen LogP contribution in [0.25, 0.3) is 5.52 Å².